The lowest BCUT2D eigenvalue weighted by molar-refractivity contribution is 0.0734. The van der Waals surface area contributed by atoms with Crippen molar-refractivity contribution in [3.8, 4) is 17.2 Å². The van der Waals surface area contributed by atoms with Crippen LogP contribution in [0.2, 0.25) is 0 Å². The third-order valence-corrected chi connectivity index (χ3v) is 4.27. The molecule has 152 valence electrons. The lowest BCUT2D eigenvalue weighted by Crippen LogP contribution is -2.08. The molecule has 0 bridgehead atoms. The summed E-state index contributed by atoms with van der Waals surface area (Å²) in [4.78, 5) is 24.6. The van der Waals surface area contributed by atoms with Crippen molar-refractivity contribution in [3.05, 3.63) is 95.3 Å². The van der Waals surface area contributed by atoms with Gasteiger partial charge < -0.3 is 14.2 Å². The van der Waals surface area contributed by atoms with E-state index in [-0.39, 0.29) is 11.3 Å². The number of allylic oxidation sites excluding steroid dienone is 1. The highest BCUT2D eigenvalue weighted by Crippen LogP contribution is 2.25. The zero-order chi connectivity index (χ0) is 21.5. The molecule has 0 atom stereocenters. The average Bonchev–Trinajstić information content (AvgIpc) is 2.78. The molecule has 5 nitrogen and oxygen atoms in total. The van der Waals surface area contributed by atoms with Crippen molar-refractivity contribution in [2.75, 3.05) is 14.2 Å². The summed E-state index contributed by atoms with van der Waals surface area (Å²) in [6, 6.07) is 16.7. The van der Waals surface area contributed by atoms with Crippen LogP contribution in [0, 0.1) is 5.82 Å². The van der Waals surface area contributed by atoms with Gasteiger partial charge in [-0.3, -0.25) is 4.79 Å². The van der Waals surface area contributed by atoms with Crippen LogP contribution in [0.5, 0.6) is 17.2 Å². The molecule has 0 fully saturated rings. The van der Waals surface area contributed by atoms with E-state index in [4.69, 9.17) is 14.2 Å². The fourth-order valence-corrected chi connectivity index (χ4v) is 2.67. The molecule has 6 heteroatoms. The van der Waals surface area contributed by atoms with Crippen molar-refractivity contribution in [2.24, 2.45) is 0 Å². The Morgan fingerprint density at radius 1 is 0.833 bits per heavy atom. The molecule has 0 saturated heterocycles. The molecular formula is C24H19FO5. The fraction of sp³-hybridized carbons (Fsp3) is 0.0833. The first-order chi connectivity index (χ1) is 14.5. The van der Waals surface area contributed by atoms with E-state index < -0.39 is 11.8 Å². The molecule has 0 amide bonds. The molecule has 0 aliphatic carbocycles. The van der Waals surface area contributed by atoms with Gasteiger partial charge in [-0.15, -0.1) is 0 Å². The number of ether oxygens (including phenoxy) is 3. The number of ketones is 1. The summed E-state index contributed by atoms with van der Waals surface area (Å²) < 4.78 is 28.6. The minimum absolute atomic E-state index is 0.238. The highest BCUT2D eigenvalue weighted by Gasteiger charge is 2.11. The zero-order valence-electron chi connectivity index (χ0n) is 16.4. The monoisotopic (exact) mass is 406 g/mol. The molecule has 3 rings (SSSR count). The molecule has 0 spiro atoms. The topological polar surface area (TPSA) is 61.8 Å². The largest absolute Gasteiger partial charge is 0.497 e. The first-order valence-electron chi connectivity index (χ1n) is 9.02. The van der Waals surface area contributed by atoms with Crippen LogP contribution < -0.4 is 14.2 Å². The number of carbonyl (C=O) groups excluding carboxylic acids is 2. The minimum Gasteiger partial charge on any atom is -0.497 e. The molecule has 3 aromatic carbocycles. The Labute approximate surface area is 173 Å². The summed E-state index contributed by atoms with van der Waals surface area (Å²) in [5, 5.41) is 0. The third-order valence-electron chi connectivity index (χ3n) is 4.27. The second-order valence-corrected chi connectivity index (χ2v) is 6.23. The van der Waals surface area contributed by atoms with E-state index in [0.29, 0.717) is 22.8 Å². The van der Waals surface area contributed by atoms with E-state index in [0.717, 1.165) is 5.56 Å². The summed E-state index contributed by atoms with van der Waals surface area (Å²) in [7, 11) is 3.02. The quantitative estimate of drug-likeness (QED) is 0.240. The van der Waals surface area contributed by atoms with Gasteiger partial charge in [-0.2, -0.15) is 0 Å². The number of halogens is 1. The molecule has 0 unspecified atom stereocenters. The molecule has 3 aromatic rings. The van der Waals surface area contributed by atoms with Gasteiger partial charge in [0.15, 0.2) is 5.78 Å². The average molecular weight is 406 g/mol. The van der Waals surface area contributed by atoms with Crippen molar-refractivity contribution in [1.82, 2.24) is 0 Å². The van der Waals surface area contributed by atoms with Crippen molar-refractivity contribution >= 4 is 17.8 Å². The molecule has 0 heterocycles. The summed E-state index contributed by atoms with van der Waals surface area (Å²) in [5.41, 5.74) is 1.38. The van der Waals surface area contributed by atoms with Crippen LogP contribution in [0.3, 0.4) is 0 Å². The molecule has 0 N–H and O–H groups in total. The van der Waals surface area contributed by atoms with Crippen molar-refractivity contribution in [1.29, 1.82) is 0 Å². The van der Waals surface area contributed by atoms with Crippen molar-refractivity contribution in [3.63, 3.8) is 0 Å². The fourth-order valence-electron chi connectivity index (χ4n) is 2.67. The Balaban J connectivity index is 1.68. The second-order valence-electron chi connectivity index (χ2n) is 6.23. The molecule has 0 radical (unpaired) electrons. The van der Waals surface area contributed by atoms with Crippen molar-refractivity contribution < 1.29 is 28.2 Å². The number of methoxy groups -OCH3 is 2. The van der Waals surface area contributed by atoms with Crippen LogP contribution in [0.25, 0.3) is 6.08 Å². The van der Waals surface area contributed by atoms with Gasteiger partial charge in [0.2, 0.25) is 0 Å². The Hall–Kier alpha value is -3.93. The van der Waals surface area contributed by atoms with Crippen LogP contribution in [0.1, 0.15) is 26.3 Å². The van der Waals surface area contributed by atoms with Crippen LogP contribution in [0.4, 0.5) is 4.39 Å². The molecule has 30 heavy (non-hydrogen) atoms. The molecular weight excluding hydrogens is 387 g/mol. The maximum atomic E-state index is 12.9. The van der Waals surface area contributed by atoms with Gasteiger partial charge in [0.25, 0.3) is 0 Å². The Morgan fingerprint density at radius 2 is 1.50 bits per heavy atom. The van der Waals surface area contributed by atoms with Gasteiger partial charge >= 0.3 is 5.97 Å². The predicted octanol–water partition coefficient (Wildman–Crippen LogP) is 4.96. The Kier molecular flexibility index (Phi) is 6.60. The molecule has 0 aliphatic rings. The van der Waals surface area contributed by atoms with E-state index in [9.17, 15) is 14.0 Å². The standard InChI is InChI=1S/C24H19FO5/c1-28-20-12-14-23(29-2)21(15-20)22(26)13-5-16-3-10-19(11-4-16)30-24(27)17-6-8-18(25)9-7-17/h3-15H,1-2H3. The maximum Gasteiger partial charge on any atom is 0.343 e. The molecule has 0 aromatic heterocycles. The van der Waals surface area contributed by atoms with Gasteiger partial charge in [0.05, 0.1) is 25.3 Å². The summed E-state index contributed by atoms with van der Waals surface area (Å²) in [5.74, 6) is 0.0931. The lowest BCUT2D eigenvalue weighted by atomic mass is 10.1. The Bertz CT molecular complexity index is 1070. The van der Waals surface area contributed by atoms with E-state index in [1.807, 2.05) is 0 Å². The number of esters is 1. The van der Waals surface area contributed by atoms with Gasteiger partial charge in [0, 0.05) is 0 Å². The smallest absolute Gasteiger partial charge is 0.343 e. The highest BCUT2D eigenvalue weighted by atomic mass is 19.1. The summed E-state index contributed by atoms with van der Waals surface area (Å²) in [6.07, 6.45) is 3.07. The van der Waals surface area contributed by atoms with E-state index in [2.05, 4.69) is 0 Å². The van der Waals surface area contributed by atoms with Crippen molar-refractivity contribution in [2.45, 2.75) is 0 Å². The van der Waals surface area contributed by atoms with Crippen LogP contribution in [-0.4, -0.2) is 26.0 Å². The number of hydrogen-bond donors (Lipinski definition) is 0. The summed E-state index contributed by atoms with van der Waals surface area (Å²) >= 11 is 0. The number of rotatable bonds is 7. The molecule has 0 aliphatic heterocycles. The summed E-state index contributed by atoms with van der Waals surface area (Å²) in [6.45, 7) is 0. The number of benzene rings is 3. The first kappa shape index (κ1) is 20.8. The maximum absolute atomic E-state index is 12.9. The van der Waals surface area contributed by atoms with Gasteiger partial charge in [-0.05, 0) is 66.2 Å². The zero-order valence-corrected chi connectivity index (χ0v) is 16.4. The van der Waals surface area contributed by atoms with Crippen LogP contribution in [-0.2, 0) is 0 Å². The normalized spacial score (nSPS) is 10.6. The van der Waals surface area contributed by atoms with E-state index in [1.54, 1.807) is 48.5 Å². The lowest BCUT2D eigenvalue weighted by Gasteiger charge is -2.08. The van der Waals surface area contributed by atoms with Gasteiger partial charge in [0.1, 0.15) is 23.1 Å². The highest BCUT2D eigenvalue weighted by molar-refractivity contribution is 6.08. The van der Waals surface area contributed by atoms with Gasteiger partial charge in [-0.25, -0.2) is 9.18 Å². The number of hydrogen-bond acceptors (Lipinski definition) is 5. The van der Waals surface area contributed by atoms with Crippen LogP contribution >= 0.6 is 0 Å². The van der Waals surface area contributed by atoms with E-state index in [1.165, 1.54) is 44.6 Å². The van der Waals surface area contributed by atoms with Crippen LogP contribution in [0.15, 0.2) is 72.8 Å². The van der Waals surface area contributed by atoms with Gasteiger partial charge in [-0.1, -0.05) is 18.2 Å². The third kappa shape index (κ3) is 5.11. The van der Waals surface area contributed by atoms with E-state index >= 15 is 0 Å². The minimum atomic E-state index is -0.585. The SMILES string of the molecule is COc1ccc(OC)c(C(=O)C=Cc2ccc(OC(=O)c3ccc(F)cc3)cc2)c1. The predicted molar refractivity (Wildman–Crippen MR) is 111 cm³/mol. The number of carbonyl (C=O) groups is 2. The second kappa shape index (κ2) is 9.52. The first-order valence-corrected chi connectivity index (χ1v) is 9.02. The Morgan fingerprint density at radius 3 is 2.13 bits per heavy atom. The molecule has 0 saturated carbocycles.